The molecule has 14 rings (SSSR count). The summed E-state index contributed by atoms with van der Waals surface area (Å²) in [5.74, 6) is 3.21. The van der Waals surface area contributed by atoms with Crippen LogP contribution < -0.4 is 18.9 Å². The normalized spacial score (nSPS) is 12.8. The summed E-state index contributed by atoms with van der Waals surface area (Å²) in [6.07, 6.45) is 0. The van der Waals surface area contributed by atoms with Crippen LogP contribution in [-0.4, -0.2) is 60.5 Å². The van der Waals surface area contributed by atoms with Crippen molar-refractivity contribution >= 4 is 31.9 Å². The minimum atomic E-state index is -0.648. The van der Waals surface area contributed by atoms with Crippen LogP contribution in [0.3, 0.4) is 0 Å². The fraction of sp³-hybridized carbons (Fsp3) is 0.122. The van der Waals surface area contributed by atoms with E-state index in [0.29, 0.717) is 13.2 Å². The van der Waals surface area contributed by atoms with Gasteiger partial charge in [-0.3, -0.25) is 0 Å². The predicted octanol–water partition coefficient (Wildman–Crippen LogP) is 19.1. The molecule has 90 heavy (non-hydrogen) atoms. The number of rotatable bonds is 20. The van der Waals surface area contributed by atoms with Crippen molar-refractivity contribution in [3.8, 4) is 89.8 Å². The van der Waals surface area contributed by atoms with Gasteiger partial charge in [0, 0.05) is 32.9 Å². The summed E-state index contributed by atoms with van der Waals surface area (Å²) in [4.78, 5) is 0. The second kappa shape index (κ2) is 27.2. The van der Waals surface area contributed by atoms with Gasteiger partial charge in [0.05, 0.1) is 37.3 Å². The van der Waals surface area contributed by atoms with Gasteiger partial charge < -0.3 is 29.2 Å². The van der Waals surface area contributed by atoms with Gasteiger partial charge in [-0.25, -0.2) is 0 Å². The van der Waals surface area contributed by atoms with E-state index in [9.17, 15) is 10.2 Å². The minimum Gasteiger partial charge on any atom is -0.492 e. The van der Waals surface area contributed by atoms with Crippen LogP contribution >= 0.6 is 31.9 Å². The summed E-state index contributed by atoms with van der Waals surface area (Å²) < 4.78 is 24.8. The highest BCUT2D eigenvalue weighted by atomic mass is 79.9. The molecule has 2 aliphatic carbocycles. The van der Waals surface area contributed by atoms with E-state index in [0.717, 1.165) is 89.3 Å². The summed E-state index contributed by atoms with van der Waals surface area (Å²) in [6, 6.07) is 103. The highest BCUT2D eigenvalue weighted by molar-refractivity contribution is 9.09. The molecule has 0 saturated carbocycles. The van der Waals surface area contributed by atoms with Gasteiger partial charge in [-0.2, -0.15) is 0 Å². The van der Waals surface area contributed by atoms with Crippen LogP contribution in [0.25, 0.3) is 66.8 Å². The van der Waals surface area contributed by atoms with Crippen LogP contribution in [-0.2, 0) is 10.8 Å². The fourth-order valence-electron chi connectivity index (χ4n) is 13.6. The lowest BCUT2D eigenvalue weighted by atomic mass is 9.67. The Bertz CT molecular complexity index is 3870. The van der Waals surface area contributed by atoms with E-state index < -0.39 is 10.8 Å². The monoisotopic (exact) mass is 1300 g/mol. The van der Waals surface area contributed by atoms with Gasteiger partial charge in [-0.1, -0.05) is 275 Å². The van der Waals surface area contributed by atoms with Gasteiger partial charge in [0.15, 0.2) is 0 Å². The number of fused-ring (bicyclic) bond motifs is 6. The zero-order valence-corrected chi connectivity index (χ0v) is 52.8. The summed E-state index contributed by atoms with van der Waals surface area (Å²) in [5, 5.41) is 20.7. The topological polar surface area (TPSA) is 77.4 Å². The molecule has 6 nitrogen and oxygen atoms in total. The molecule has 0 aromatic heterocycles. The maximum Gasteiger partial charge on any atom is 0.127 e. The molecule has 0 unspecified atom stereocenters. The van der Waals surface area contributed by atoms with E-state index in [1.54, 1.807) is 0 Å². The largest absolute Gasteiger partial charge is 0.492 e. The van der Waals surface area contributed by atoms with E-state index in [2.05, 4.69) is 275 Å². The highest BCUT2D eigenvalue weighted by Crippen LogP contribution is 2.59. The molecule has 0 heterocycles. The van der Waals surface area contributed by atoms with E-state index in [1.165, 1.54) is 55.6 Å². The Morgan fingerprint density at radius 3 is 0.700 bits per heavy atom. The fourth-order valence-corrected chi connectivity index (χ4v) is 13.9. The first kappa shape index (κ1) is 59.7. The molecule has 12 aromatic rings. The molecular weight excluding hydrogens is 1240 g/mol. The first-order valence-corrected chi connectivity index (χ1v) is 32.8. The molecule has 0 atom stereocenters. The summed E-state index contributed by atoms with van der Waals surface area (Å²) in [6.45, 7) is 1.48. The number of benzene rings is 12. The summed E-state index contributed by atoms with van der Waals surface area (Å²) >= 11 is 7.08. The average molecular weight is 1310 g/mol. The molecule has 12 aromatic carbocycles. The Hall–Kier alpha value is -9.28. The molecule has 0 spiro atoms. The second-order valence-electron chi connectivity index (χ2n) is 22.2. The Morgan fingerprint density at radius 1 is 0.244 bits per heavy atom. The summed E-state index contributed by atoms with van der Waals surface area (Å²) in [5.41, 5.74) is 21.7. The van der Waals surface area contributed by atoms with E-state index >= 15 is 0 Å². The third kappa shape index (κ3) is 11.1. The molecule has 2 aliphatic rings. The molecular formula is C82H66Br2O6. The first-order chi connectivity index (χ1) is 44.5. The first-order valence-electron chi connectivity index (χ1n) is 30.5. The predicted molar refractivity (Wildman–Crippen MR) is 373 cm³/mol. The summed E-state index contributed by atoms with van der Waals surface area (Å²) in [7, 11) is 0. The average Bonchev–Trinajstić information content (AvgIpc) is 1.52. The van der Waals surface area contributed by atoms with Crippen LogP contribution in [0.4, 0.5) is 0 Å². The van der Waals surface area contributed by atoms with Gasteiger partial charge in [0.2, 0.25) is 0 Å². The second-order valence-corrected chi connectivity index (χ2v) is 23.8. The van der Waals surface area contributed by atoms with Gasteiger partial charge >= 0.3 is 0 Å². The van der Waals surface area contributed by atoms with Crippen molar-refractivity contribution in [1.82, 2.24) is 0 Å². The van der Waals surface area contributed by atoms with Crippen LogP contribution in [0, 0.1) is 0 Å². The number of hydrogen-bond donors (Lipinski definition) is 2. The molecule has 0 fully saturated rings. The van der Waals surface area contributed by atoms with Gasteiger partial charge in [0.1, 0.15) is 36.2 Å². The van der Waals surface area contributed by atoms with E-state index in [1.807, 2.05) is 48.5 Å². The molecule has 8 heteroatoms. The van der Waals surface area contributed by atoms with Gasteiger partial charge in [-0.15, -0.1) is 0 Å². The maximum absolute atomic E-state index is 9.57. The molecule has 2 N–H and O–H groups in total. The third-order valence-corrected chi connectivity index (χ3v) is 17.9. The number of halogens is 2. The van der Waals surface area contributed by atoms with Crippen LogP contribution in [0.1, 0.15) is 44.5 Å². The Balaban J connectivity index is 0.000000165. The lowest BCUT2D eigenvalue weighted by Gasteiger charge is -2.35. The van der Waals surface area contributed by atoms with Crippen molar-refractivity contribution in [1.29, 1.82) is 0 Å². The zero-order valence-electron chi connectivity index (χ0n) is 49.7. The van der Waals surface area contributed by atoms with Crippen LogP contribution in [0.15, 0.2) is 291 Å². The number of alkyl halides is 2. The quantitative estimate of drug-likeness (QED) is 0.0741. The van der Waals surface area contributed by atoms with E-state index in [-0.39, 0.29) is 26.4 Å². The molecule has 0 radical (unpaired) electrons. The van der Waals surface area contributed by atoms with Gasteiger partial charge in [0.25, 0.3) is 0 Å². The van der Waals surface area contributed by atoms with E-state index in [4.69, 9.17) is 18.9 Å². The van der Waals surface area contributed by atoms with Crippen molar-refractivity contribution in [2.75, 3.05) is 50.3 Å². The zero-order chi connectivity index (χ0) is 61.3. The van der Waals surface area contributed by atoms with Crippen LogP contribution in [0.5, 0.6) is 23.0 Å². The van der Waals surface area contributed by atoms with Crippen LogP contribution in [0.2, 0.25) is 0 Å². The molecule has 0 amide bonds. The highest BCUT2D eigenvalue weighted by Gasteiger charge is 2.48. The number of hydrogen-bond acceptors (Lipinski definition) is 6. The molecule has 0 aliphatic heterocycles. The Kier molecular flexibility index (Phi) is 18.0. The van der Waals surface area contributed by atoms with Crippen molar-refractivity contribution in [3.05, 3.63) is 336 Å². The van der Waals surface area contributed by atoms with Crippen molar-refractivity contribution < 1.29 is 29.2 Å². The third-order valence-electron chi connectivity index (χ3n) is 17.3. The SMILES string of the molecule is BrCCOc1ccc(C2(c3ccc(OCCBr)c(-c4ccccc4)c3)c3ccccc3-c3ccccc32)cc1-c1ccccc1.OCCOc1ccc(C2(c3ccc(OCCO)c(-c4ccccc4)c3)c3ccccc3-c3ccccc32)cc1-c1ccccc1. The standard InChI is InChI=1S/C41H32Br2O2.C41H34O4/c2*42-23-25-44-39-21-19-31(27-35(39)29-11-3-1-4-12-29)41(37-17-9-7-15-33(37)34-16-8-10-18-38(34)41)32-20-22-40(45-26-24-43)36(28-32)30-13-5-2-6-14-30/h1-22,27-28H,23-26H2;1-22,27-28,42-43H,23-26H2. The lowest BCUT2D eigenvalue weighted by molar-refractivity contribution is 0.202. The van der Waals surface area contributed by atoms with Crippen molar-refractivity contribution in [3.63, 3.8) is 0 Å². The smallest absolute Gasteiger partial charge is 0.127 e. The Labute approximate surface area is 543 Å². The minimum absolute atomic E-state index is 0.0619. The molecule has 0 saturated heterocycles. The Morgan fingerprint density at radius 2 is 0.467 bits per heavy atom. The molecule has 444 valence electrons. The number of ether oxygens (including phenoxy) is 4. The number of aliphatic hydroxyl groups excluding tert-OH is 2. The maximum atomic E-state index is 9.57. The molecule has 0 bridgehead atoms. The lowest BCUT2D eigenvalue weighted by Crippen LogP contribution is -2.29. The number of aliphatic hydroxyl groups is 2. The van der Waals surface area contributed by atoms with Crippen molar-refractivity contribution in [2.24, 2.45) is 0 Å². The van der Waals surface area contributed by atoms with Gasteiger partial charge in [-0.05, 0) is 138 Å². The van der Waals surface area contributed by atoms with Crippen molar-refractivity contribution in [2.45, 2.75) is 10.8 Å².